The SMILES string of the molecule is COC(=O)CCCCCCN1C(=O)C(F)(F)CC1CC[C@@H](O)[C@H](C)CCCCc1ccccc1. The average Bonchev–Trinajstić information content (AvgIpc) is 3.05. The van der Waals surface area contributed by atoms with Crippen LogP contribution in [0.1, 0.15) is 83.1 Å². The molecule has 1 aromatic rings. The zero-order valence-corrected chi connectivity index (χ0v) is 20.7. The number of amides is 1. The highest BCUT2D eigenvalue weighted by molar-refractivity contribution is 5.86. The summed E-state index contributed by atoms with van der Waals surface area (Å²) in [5, 5.41) is 10.6. The molecule has 0 bridgehead atoms. The molecule has 1 aliphatic rings. The lowest BCUT2D eigenvalue weighted by Crippen LogP contribution is -2.37. The van der Waals surface area contributed by atoms with Gasteiger partial charge in [-0.25, -0.2) is 0 Å². The molecule has 1 aromatic carbocycles. The minimum atomic E-state index is -3.32. The first kappa shape index (κ1) is 28.2. The summed E-state index contributed by atoms with van der Waals surface area (Å²) in [6.45, 7) is 2.30. The highest BCUT2D eigenvalue weighted by atomic mass is 19.3. The van der Waals surface area contributed by atoms with Crippen molar-refractivity contribution in [3.63, 3.8) is 0 Å². The molecule has 1 saturated heterocycles. The third-order valence-corrected chi connectivity index (χ3v) is 6.93. The second-order valence-electron chi connectivity index (χ2n) is 9.65. The molecule has 1 amide bonds. The van der Waals surface area contributed by atoms with Crippen LogP contribution in [0.5, 0.6) is 0 Å². The van der Waals surface area contributed by atoms with Gasteiger partial charge in [0.05, 0.1) is 13.2 Å². The molecule has 1 fully saturated rings. The number of rotatable bonds is 16. The molecule has 3 atom stereocenters. The van der Waals surface area contributed by atoms with E-state index in [2.05, 4.69) is 16.9 Å². The molecule has 1 unspecified atom stereocenters. The normalized spacial score (nSPS) is 19.3. The number of aryl methyl sites for hydroxylation is 1. The number of benzene rings is 1. The zero-order valence-electron chi connectivity index (χ0n) is 20.7. The maximum atomic E-state index is 14.1. The number of unbranched alkanes of at least 4 members (excludes halogenated alkanes) is 4. The lowest BCUT2D eigenvalue weighted by molar-refractivity contribution is -0.148. The number of ether oxygens (including phenoxy) is 1. The van der Waals surface area contributed by atoms with Crippen molar-refractivity contribution >= 4 is 11.9 Å². The Hall–Kier alpha value is -2.02. The van der Waals surface area contributed by atoms with Crippen LogP contribution in [0.3, 0.4) is 0 Å². The number of halogens is 2. The van der Waals surface area contributed by atoms with Crippen molar-refractivity contribution in [2.45, 2.75) is 102 Å². The molecule has 1 N–H and O–H groups in total. The maximum Gasteiger partial charge on any atom is 0.326 e. The Morgan fingerprint density at radius 3 is 2.53 bits per heavy atom. The summed E-state index contributed by atoms with van der Waals surface area (Å²) in [5.74, 6) is -4.56. The number of nitrogens with zero attached hydrogens (tertiary/aromatic N) is 1. The first-order valence-corrected chi connectivity index (χ1v) is 12.7. The molecule has 0 aromatic heterocycles. The van der Waals surface area contributed by atoms with Gasteiger partial charge in [-0.1, -0.05) is 56.5 Å². The molecule has 0 saturated carbocycles. The summed E-state index contributed by atoms with van der Waals surface area (Å²) in [6, 6.07) is 9.78. The minimum Gasteiger partial charge on any atom is -0.469 e. The Morgan fingerprint density at radius 2 is 1.82 bits per heavy atom. The number of likely N-dealkylation sites (tertiary alicyclic amines) is 1. The third kappa shape index (κ3) is 9.32. The quantitative estimate of drug-likeness (QED) is 0.249. The molecule has 7 heteroatoms. The van der Waals surface area contributed by atoms with Crippen molar-refractivity contribution in [1.82, 2.24) is 4.90 Å². The molecule has 1 heterocycles. The van der Waals surface area contributed by atoms with Crippen LogP contribution in [0.15, 0.2) is 30.3 Å². The van der Waals surface area contributed by atoms with Crippen molar-refractivity contribution in [3.8, 4) is 0 Å². The Balaban J connectivity index is 1.70. The van der Waals surface area contributed by atoms with E-state index in [1.54, 1.807) is 0 Å². The number of aliphatic hydroxyl groups excluding tert-OH is 1. The summed E-state index contributed by atoms with van der Waals surface area (Å²) in [7, 11) is 1.35. The standard InChI is InChI=1S/C27H41F2NO4/c1-21(12-9-10-15-22-13-6-5-7-14-22)24(31)18-17-23-20-27(28,29)26(33)30(23)19-11-4-3-8-16-25(32)34-2/h5-7,13-14,21,23-24,31H,3-4,8-12,15-20H2,1-2H3/t21-,23?,24-/m1/s1. The number of hydrogen-bond acceptors (Lipinski definition) is 4. The van der Waals surface area contributed by atoms with Gasteiger partial charge in [0.25, 0.3) is 5.91 Å². The van der Waals surface area contributed by atoms with Crippen molar-refractivity contribution in [1.29, 1.82) is 0 Å². The molecule has 34 heavy (non-hydrogen) atoms. The first-order valence-electron chi connectivity index (χ1n) is 12.7. The summed E-state index contributed by atoms with van der Waals surface area (Å²) in [6.07, 6.45) is 6.98. The van der Waals surface area contributed by atoms with Crippen LogP contribution in [-0.2, 0) is 20.7 Å². The van der Waals surface area contributed by atoms with Gasteiger partial charge < -0.3 is 14.7 Å². The largest absolute Gasteiger partial charge is 0.469 e. The van der Waals surface area contributed by atoms with Gasteiger partial charge in [0.15, 0.2) is 0 Å². The van der Waals surface area contributed by atoms with Crippen molar-refractivity contribution in [2.24, 2.45) is 5.92 Å². The highest BCUT2D eigenvalue weighted by Gasteiger charge is 2.52. The molecular formula is C27H41F2NO4. The predicted octanol–water partition coefficient (Wildman–Crippen LogP) is 5.54. The fourth-order valence-electron chi connectivity index (χ4n) is 4.70. The van der Waals surface area contributed by atoms with Gasteiger partial charge in [0.2, 0.25) is 0 Å². The summed E-state index contributed by atoms with van der Waals surface area (Å²) >= 11 is 0. The molecular weight excluding hydrogens is 440 g/mol. The van der Waals surface area contributed by atoms with Gasteiger partial charge >= 0.3 is 11.9 Å². The Labute approximate surface area is 202 Å². The molecule has 0 spiro atoms. The Bertz CT molecular complexity index is 743. The fourth-order valence-corrected chi connectivity index (χ4v) is 4.70. The second kappa shape index (κ2) is 14.4. The zero-order chi connectivity index (χ0) is 25.0. The molecule has 5 nitrogen and oxygen atoms in total. The number of carbonyl (C=O) groups is 2. The van der Waals surface area contributed by atoms with Gasteiger partial charge in [-0.05, 0) is 56.4 Å². The number of aliphatic hydroxyl groups is 1. The van der Waals surface area contributed by atoms with Crippen LogP contribution < -0.4 is 0 Å². The smallest absolute Gasteiger partial charge is 0.326 e. The van der Waals surface area contributed by atoms with Crippen molar-refractivity contribution < 1.29 is 28.2 Å². The van der Waals surface area contributed by atoms with Gasteiger partial charge in [0, 0.05) is 25.4 Å². The number of hydrogen-bond donors (Lipinski definition) is 1. The topological polar surface area (TPSA) is 66.8 Å². The van der Waals surface area contributed by atoms with Gasteiger partial charge in [0.1, 0.15) is 0 Å². The van der Waals surface area contributed by atoms with Crippen LogP contribution in [0.25, 0.3) is 0 Å². The Kier molecular flexibility index (Phi) is 11.9. The van der Waals surface area contributed by atoms with E-state index >= 15 is 0 Å². The van der Waals surface area contributed by atoms with Crippen LogP contribution in [0, 0.1) is 5.92 Å². The molecule has 192 valence electrons. The minimum absolute atomic E-state index is 0.0941. The van der Waals surface area contributed by atoms with E-state index < -0.39 is 30.4 Å². The summed E-state index contributed by atoms with van der Waals surface area (Å²) in [5.41, 5.74) is 1.31. The van der Waals surface area contributed by atoms with Gasteiger partial charge in [-0.15, -0.1) is 0 Å². The highest BCUT2D eigenvalue weighted by Crippen LogP contribution is 2.36. The number of carbonyl (C=O) groups excluding carboxylic acids is 2. The number of methoxy groups -OCH3 is 1. The van der Waals surface area contributed by atoms with E-state index in [0.29, 0.717) is 38.6 Å². The average molecular weight is 482 g/mol. The van der Waals surface area contributed by atoms with E-state index in [0.717, 1.165) is 38.5 Å². The van der Waals surface area contributed by atoms with Crippen molar-refractivity contribution in [2.75, 3.05) is 13.7 Å². The molecule has 1 aliphatic heterocycles. The number of esters is 1. The second-order valence-corrected chi connectivity index (χ2v) is 9.65. The van der Waals surface area contributed by atoms with Crippen LogP contribution >= 0.6 is 0 Å². The molecule has 2 rings (SSSR count). The Morgan fingerprint density at radius 1 is 1.12 bits per heavy atom. The fraction of sp³-hybridized carbons (Fsp3) is 0.704. The van der Waals surface area contributed by atoms with Gasteiger partial charge in [-0.3, -0.25) is 9.59 Å². The van der Waals surface area contributed by atoms with E-state index in [1.807, 2.05) is 25.1 Å². The monoisotopic (exact) mass is 481 g/mol. The molecule has 0 radical (unpaired) electrons. The van der Waals surface area contributed by atoms with E-state index in [1.165, 1.54) is 17.6 Å². The predicted molar refractivity (Wildman–Crippen MR) is 129 cm³/mol. The van der Waals surface area contributed by atoms with E-state index in [-0.39, 0.29) is 11.9 Å². The maximum absolute atomic E-state index is 14.1. The lowest BCUT2D eigenvalue weighted by Gasteiger charge is -2.26. The van der Waals surface area contributed by atoms with Crippen molar-refractivity contribution in [3.05, 3.63) is 35.9 Å². The first-order chi connectivity index (χ1) is 16.2. The van der Waals surface area contributed by atoms with Crippen LogP contribution in [0.2, 0.25) is 0 Å². The summed E-state index contributed by atoms with van der Waals surface area (Å²) < 4.78 is 32.8. The van der Waals surface area contributed by atoms with Crippen LogP contribution in [-0.4, -0.2) is 53.6 Å². The van der Waals surface area contributed by atoms with E-state index in [4.69, 9.17) is 0 Å². The molecule has 0 aliphatic carbocycles. The van der Waals surface area contributed by atoms with Gasteiger partial charge in [-0.2, -0.15) is 8.78 Å². The number of alkyl halides is 2. The van der Waals surface area contributed by atoms with E-state index in [9.17, 15) is 23.5 Å². The lowest BCUT2D eigenvalue weighted by atomic mass is 9.92. The van der Waals surface area contributed by atoms with Crippen LogP contribution in [0.4, 0.5) is 8.78 Å². The summed E-state index contributed by atoms with van der Waals surface area (Å²) in [4.78, 5) is 24.7. The third-order valence-electron chi connectivity index (χ3n) is 6.93.